The van der Waals surface area contributed by atoms with Crippen LogP contribution in [0.15, 0.2) is 96.0 Å². The molecule has 3 atom stereocenters. The maximum Gasteiger partial charge on any atom is 0.414 e. The Morgan fingerprint density at radius 1 is 0.636 bits per heavy atom. The summed E-state index contributed by atoms with van der Waals surface area (Å²) in [5.74, 6) is -1.70. The number of hydrogen-bond acceptors (Lipinski definition) is 8. The molecular formula is C32H34N4O8. The van der Waals surface area contributed by atoms with E-state index in [1.165, 1.54) is 0 Å². The van der Waals surface area contributed by atoms with Crippen LogP contribution < -0.4 is 16.0 Å². The number of aliphatic imine (C=N–C) groups is 1. The lowest BCUT2D eigenvalue weighted by Gasteiger charge is -2.12. The van der Waals surface area contributed by atoms with E-state index in [1.807, 2.05) is 66.7 Å². The monoisotopic (exact) mass is 602 g/mol. The Labute approximate surface area is 254 Å². The summed E-state index contributed by atoms with van der Waals surface area (Å²) in [6, 6.07) is 26.9. The van der Waals surface area contributed by atoms with Gasteiger partial charge in [0.2, 0.25) is 5.96 Å². The normalized spacial score (nSPS) is 16.5. The summed E-state index contributed by atoms with van der Waals surface area (Å²) in [5.41, 5.74) is 2.37. The minimum absolute atomic E-state index is 0.00503. The highest BCUT2D eigenvalue weighted by molar-refractivity contribution is 6.01. The molecule has 12 heteroatoms. The zero-order valence-corrected chi connectivity index (χ0v) is 23.9. The molecule has 44 heavy (non-hydrogen) atoms. The number of carbonyl (C=O) groups is 4. The number of ether oxygens (including phenoxy) is 3. The summed E-state index contributed by atoms with van der Waals surface area (Å²) in [6.45, 7) is 0.195. The number of alkyl carbamates (subject to hydrolysis) is 3. The second-order valence-corrected chi connectivity index (χ2v) is 10.0. The molecule has 12 nitrogen and oxygen atoms in total. The highest BCUT2D eigenvalue weighted by atomic mass is 16.6. The van der Waals surface area contributed by atoms with E-state index in [0.29, 0.717) is 6.42 Å². The average Bonchev–Trinajstić information content (AvgIpc) is 3.67. The van der Waals surface area contributed by atoms with Gasteiger partial charge in [-0.05, 0) is 34.9 Å². The number of rotatable bonds is 12. The number of amides is 3. The Balaban J connectivity index is 1.32. The van der Waals surface area contributed by atoms with Crippen molar-refractivity contribution in [2.75, 3.05) is 6.54 Å². The molecule has 3 aromatic rings. The molecule has 1 unspecified atom stereocenters. The summed E-state index contributed by atoms with van der Waals surface area (Å²) in [5, 5.41) is 16.9. The first-order valence-corrected chi connectivity index (χ1v) is 14.1. The van der Waals surface area contributed by atoms with E-state index < -0.39 is 30.3 Å². The van der Waals surface area contributed by atoms with Crippen molar-refractivity contribution in [3.05, 3.63) is 108 Å². The van der Waals surface area contributed by atoms with Crippen molar-refractivity contribution >= 4 is 30.2 Å². The summed E-state index contributed by atoms with van der Waals surface area (Å²) in [7, 11) is 0. The number of hydrogen-bond donors (Lipinski definition) is 4. The number of aliphatic carboxylic acids is 1. The number of benzene rings is 3. The van der Waals surface area contributed by atoms with Gasteiger partial charge in [0, 0.05) is 12.6 Å². The van der Waals surface area contributed by atoms with Crippen LogP contribution in [0.25, 0.3) is 0 Å². The molecule has 4 rings (SSSR count). The second kappa shape index (κ2) is 16.3. The predicted octanol–water partition coefficient (Wildman–Crippen LogP) is 4.60. The van der Waals surface area contributed by atoms with Gasteiger partial charge in [0.1, 0.15) is 19.8 Å². The zero-order valence-electron chi connectivity index (χ0n) is 23.9. The molecule has 1 saturated carbocycles. The number of carboxylic acid groups (broad SMARTS) is 1. The molecule has 0 bridgehead atoms. The molecule has 3 amide bonds. The number of guanidine groups is 1. The zero-order chi connectivity index (χ0) is 31.1. The van der Waals surface area contributed by atoms with Gasteiger partial charge in [0.25, 0.3) is 0 Å². The average molecular weight is 603 g/mol. The molecule has 4 N–H and O–H groups in total. The van der Waals surface area contributed by atoms with Crippen molar-refractivity contribution in [2.45, 2.75) is 38.7 Å². The first kappa shape index (κ1) is 31.5. The molecule has 0 saturated heterocycles. The molecule has 230 valence electrons. The minimum Gasteiger partial charge on any atom is -0.481 e. The van der Waals surface area contributed by atoms with Crippen molar-refractivity contribution in [3.8, 4) is 0 Å². The van der Waals surface area contributed by atoms with E-state index in [2.05, 4.69) is 20.9 Å². The highest BCUT2D eigenvalue weighted by Gasteiger charge is 2.51. The van der Waals surface area contributed by atoms with E-state index in [-0.39, 0.29) is 50.6 Å². The molecule has 0 aliphatic heterocycles. The van der Waals surface area contributed by atoms with Gasteiger partial charge in [-0.2, -0.15) is 0 Å². The van der Waals surface area contributed by atoms with Crippen LogP contribution in [-0.4, -0.2) is 47.9 Å². The Bertz CT molecular complexity index is 1360. The first-order chi connectivity index (χ1) is 21.4. The Morgan fingerprint density at radius 2 is 1.07 bits per heavy atom. The van der Waals surface area contributed by atoms with Gasteiger partial charge in [0.05, 0.1) is 6.42 Å². The lowest BCUT2D eigenvalue weighted by atomic mass is 10.2. The lowest BCUT2D eigenvalue weighted by molar-refractivity contribution is -0.137. The van der Waals surface area contributed by atoms with Gasteiger partial charge >= 0.3 is 24.2 Å². The fraction of sp³-hybridized carbons (Fsp3) is 0.281. The van der Waals surface area contributed by atoms with Crippen LogP contribution in [0.4, 0.5) is 14.4 Å². The van der Waals surface area contributed by atoms with Crippen LogP contribution in [0.1, 0.15) is 29.5 Å². The van der Waals surface area contributed by atoms with Crippen molar-refractivity contribution in [1.82, 2.24) is 16.0 Å². The fourth-order valence-corrected chi connectivity index (χ4v) is 4.58. The summed E-state index contributed by atoms with van der Waals surface area (Å²) >= 11 is 0. The van der Waals surface area contributed by atoms with Gasteiger partial charge in [0.15, 0.2) is 0 Å². The molecule has 1 fully saturated rings. The lowest BCUT2D eigenvalue weighted by Crippen LogP contribution is -2.44. The maximum absolute atomic E-state index is 12.5. The first-order valence-electron chi connectivity index (χ1n) is 14.1. The van der Waals surface area contributed by atoms with Crippen LogP contribution in [0.3, 0.4) is 0 Å². The number of carboxylic acids is 1. The third-order valence-corrected chi connectivity index (χ3v) is 6.84. The molecular weight excluding hydrogens is 568 g/mol. The topological polar surface area (TPSA) is 165 Å². The number of nitrogens with one attached hydrogen (secondary N) is 3. The standard InChI is InChI=1S/C32H34N4O8/c37-27(38)18-26-25(28(26)34-30(39)42-19-22-10-4-1-5-11-22)16-17-33-29(35-31(40)43-20-23-12-6-2-7-13-23)36-32(41)44-21-24-14-8-3-9-15-24/h1-15,25-26,28H,16-21H2,(H,34,39)(H,37,38)(H2,33,35,36,40,41)/t25-,26?,28+/m1/s1. The van der Waals surface area contributed by atoms with Crippen LogP contribution in [0, 0.1) is 11.8 Å². The van der Waals surface area contributed by atoms with E-state index in [0.717, 1.165) is 16.7 Å². The van der Waals surface area contributed by atoms with Gasteiger partial charge in [-0.25, -0.2) is 14.4 Å². The SMILES string of the molecule is O=C(O)CC1[C@@H](CCN=C(NC(=O)OCc2ccccc2)NC(=O)OCc2ccccc2)[C@@H]1NC(=O)OCc1ccccc1. The summed E-state index contributed by atoms with van der Waals surface area (Å²) in [6.07, 6.45) is -2.10. The summed E-state index contributed by atoms with van der Waals surface area (Å²) < 4.78 is 15.7. The highest BCUT2D eigenvalue weighted by Crippen LogP contribution is 2.44. The minimum atomic E-state index is -0.989. The maximum atomic E-state index is 12.5. The van der Waals surface area contributed by atoms with Crippen LogP contribution >= 0.6 is 0 Å². The largest absolute Gasteiger partial charge is 0.481 e. The van der Waals surface area contributed by atoms with Crippen molar-refractivity contribution in [1.29, 1.82) is 0 Å². The molecule has 1 aliphatic rings. The van der Waals surface area contributed by atoms with Gasteiger partial charge in [-0.15, -0.1) is 0 Å². The quantitative estimate of drug-likeness (QED) is 0.133. The molecule has 0 heterocycles. The molecule has 0 aromatic heterocycles. The molecule has 1 aliphatic carbocycles. The third-order valence-electron chi connectivity index (χ3n) is 6.84. The van der Waals surface area contributed by atoms with Crippen molar-refractivity contribution < 1.29 is 38.5 Å². The molecule has 0 radical (unpaired) electrons. The number of carbonyl (C=O) groups excluding carboxylic acids is 3. The van der Waals surface area contributed by atoms with E-state index in [1.54, 1.807) is 24.3 Å². The van der Waals surface area contributed by atoms with Gasteiger partial charge in [-0.1, -0.05) is 91.0 Å². The Kier molecular flexibility index (Phi) is 11.7. The molecule has 0 spiro atoms. The molecule has 3 aromatic carbocycles. The van der Waals surface area contributed by atoms with Crippen LogP contribution in [0.2, 0.25) is 0 Å². The second-order valence-electron chi connectivity index (χ2n) is 10.0. The van der Waals surface area contributed by atoms with Gasteiger partial charge in [-0.3, -0.25) is 20.4 Å². The van der Waals surface area contributed by atoms with Gasteiger partial charge < -0.3 is 24.6 Å². The van der Waals surface area contributed by atoms with E-state index in [4.69, 9.17) is 14.2 Å². The number of nitrogens with zero attached hydrogens (tertiary/aromatic N) is 1. The smallest absolute Gasteiger partial charge is 0.414 e. The van der Waals surface area contributed by atoms with E-state index in [9.17, 15) is 24.3 Å². The van der Waals surface area contributed by atoms with Crippen molar-refractivity contribution in [3.63, 3.8) is 0 Å². The van der Waals surface area contributed by atoms with Crippen LogP contribution in [0.5, 0.6) is 0 Å². The van der Waals surface area contributed by atoms with Crippen LogP contribution in [-0.2, 0) is 38.8 Å². The summed E-state index contributed by atoms with van der Waals surface area (Å²) in [4.78, 5) is 53.0. The Morgan fingerprint density at radius 3 is 1.50 bits per heavy atom. The fourth-order valence-electron chi connectivity index (χ4n) is 4.58. The van der Waals surface area contributed by atoms with Crippen molar-refractivity contribution in [2.24, 2.45) is 16.8 Å². The van der Waals surface area contributed by atoms with E-state index >= 15 is 0 Å². The Hall–Kier alpha value is -5.39. The third kappa shape index (κ3) is 10.8. The predicted molar refractivity (Wildman–Crippen MR) is 159 cm³/mol.